The van der Waals surface area contributed by atoms with Crippen molar-refractivity contribution in [1.82, 2.24) is 20.4 Å². The van der Waals surface area contributed by atoms with Crippen LogP contribution in [0.3, 0.4) is 0 Å². The molecule has 6 heteroatoms. The van der Waals surface area contributed by atoms with Crippen molar-refractivity contribution < 1.29 is 4.52 Å². The van der Waals surface area contributed by atoms with Crippen LogP contribution in [0, 0.1) is 5.92 Å². The number of halogens is 1. The van der Waals surface area contributed by atoms with Gasteiger partial charge in [-0.2, -0.15) is 4.98 Å². The van der Waals surface area contributed by atoms with Gasteiger partial charge in [-0.15, -0.1) is 0 Å². The van der Waals surface area contributed by atoms with E-state index in [4.69, 9.17) is 16.1 Å². The molecule has 1 saturated carbocycles. The van der Waals surface area contributed by atoms with Gasteiger partial charge in [-0.05, 0) is 37.4 Å². The molecule has 94 valence electrons. The second-order valence-corrected chi connectivity index (χ2v) is 4.88. The molecule has 1 N–H and O–H groups in total. The molecule has 2 aromatic rings. The standard InChI is InChI=1S/C12H13ClN4O/c13-9-3-4-10(15-6-9)12-16-11(18-17-12)7-14-5-8-1-2-8/h3-4,6,8,14H,1-2,5,7H2. The van der Waals surface area contributed by atoms with E-state index in [9.17, 15) is 0 Å². The van der Waals surface area contributed by atoms with Crippen LogP contribution in [0.5, 0.6) is 0 Å². The average molecular weight is 265 g/mol. The van der Waals surface area contributed by atoms with Crippen molar-refractivity contribution in [3.05, 3.63) is 29.2 Å². The topological polar surface area (TPSA) is 63.8 Å². The summed E-state index contributed by atoms with van der Waals surface area (Å²) >= 11 is 5.77. The van der Waals surface area contributed by atoms with Gasteiger partial charge in [0.1, 0.15) is 5.69 Å². The molecule has 2 aromatic heterocycles. The summed E-state index contributed by atoms with van der Waals surface area (Å²) in [5, 5.41) is 7.79. The molecule has 18 heavy (non-hydrogen) atoms. The molecule has 0 bridgehead atoms. The van der Waals surface area contributed by atoms with Gasteiger partial charge in [0.25, 0.3) is 0 Å². The van der Waals surface area contributed by atoms with E-state index < -0.39 is 0 Å². The fourth-order valence-electron chi connectivity index (χ4n) is 1.64. The molecule has 1 fully saturated rings. The molecule has 2 heterocycles. The summed E-state index contributed by atoms with van der Waals surface area (Å²) in [5.74, 6) is 1.92. The Morgan fingerprint density at radius 1 is 1.39 bits per heavy atom. The Morgan fingerprint density at radius 3 is 3.00 bits per heavy atom. The number of rotatable bonds is 5. The Morgan fingerprint density at radius 2 is 2.28 bits per heavy atom. The second-order valence-electron chi connectivity index (χ2n) is 4.45. The minimum absolute atomic E-state index is 0.495. The van der Waals surface area contributed by atoms with Crippen LogP contribution in [0.15, 0.2) is 22.9 Å². The number of pyridine rings is 1. The van der Waals surface area contributed by atoms with E-state index in [1.54, 1.807) is 18.3 Å². The molecule has 0 amide bonds. The summed E-state index contributed by atoms with van der Waals surface area (Å²) in [6, 6.07) is 3.53. The number of nitrogens with one attached hydrogen (secondary N) is 1. The maximum Gasteiger partial charge on any atom is 0.240 e. The van der Waals surface area contributed by atoms with Gasteiger partial charge in [0.15, 0.2) is 0 Å². The van der Waals surface area contributed by atoms with Crippen molar-refractivity contribution in [3.8, 4) is 11.5 Å². The molecule has 0 aliphatic heterocycles. The molecular weight excluding hydrogens is 252 g/mol. The Hall–Kier alpha value is -1.46. The van der Waals surface area contributed by atoms with Crippen molar-refractivity contribution in [3.63, 3.8) is 0 Å². The zero-order valence-electron chi connectivity index (χ0n) is 9.77. The first-order valence-electron chi connectivity index (χ1n) is 5.96. The lowest BCUT2D eigenvalue weighted by atomic mass is 10.3. The maximum absolute atomic E-state index is 5.77. The molecule has 0 aromatic carbocycles. The van der Waals surface area contributed by atoms with E-state index in [-0.39, 0.29) is 0 Å². The molecule has 5 nitrogen and oxygen atoms in total. The van der Waals surface area contributed by atoms with Crippen LogP contribution in [-0.2, 0) is 6.54 Å². The van der Waals surface area contributed by atoms with Crippen LogP contribution in [0.25, 0.3) is 11.5 Å². The quantitative estimate of drug-likeness (QED) is 0.898. The van der Waals surface area contributed by atoms with E-state index in [0.29, 0.717) is 29.0 Å². The minimum Gasteiger partial charge on any atom is -0.337 e. The van der Waals surface area contributed by atoms with Crippen LogP contribution in [0.2, 0.25) is 5.02 Å². The van der Waals surface area contributed by atoms with Crippen molar-refractivity contribution in [1.29, 1.82) is 0 Å². The second kappa shape index (κ2) is 5.04. The fraction of sp³-hybridized carbons (Fsp3) is 0.417. The average Bonchev–Trinajstić information content (AvgIpc) is 3.08. The Labute approximate surface area is 110 Å². The summed E-state index contributed by atoms with van der Waals surface area (Å²) in [7, 11) is 0. The molecule has 0 radical (unpaired) electrons. The molecule has 0 atom stereocenters. The van der Waals surface area contributed by atoms with Crippen LogP contribution in [0.4, 0.5) is 0 Å². The maximum atomic E-state index is 5.77. The number of nitrogens with zero attached hydrogens (tertiary/aromatic N) is 3. The lowest BCUT2D eigenvalue weighted by molar-refractivity contribution is 0.367. The predicted octanol–water partition coefficient (Wildman–Crippen LogP) is 2.28. The van der Waals surface area contributed by atoms with Gasteiger partial charge in [-0.3, -0.25) is 4.98 Å². The minimum atomic E-state index is 0.495. The lowest BCUT2D eigenvalue weighted by Gasteiger charge is -1.97. The molecule has 1 aliphatic rings. The van der Waals surface area contributed by atoms with Crippen molar-refractivity contribution >= 4 is 11.6 Å². The van der Waals surface area contributed by atoms with Gasteiger partial charge in [0, 0.05) is 6.20 Å². The van der Waals surface area contributed by atoms with Gasteiger partial charge in [0.05, 0.1) is 11.6 Å². The third kappa shape index (κ3) is 2.86. The summed E-state index contributed by atoms with van der Waals surface area (Å²) in [5.41, 5.74) is 0.664. The van der Waals surface area contributed by atoms with Crippen molar-refractivity contribution in [2.75, 3.05) is 6.54 Å². The largest absolute Gasteiger partial charge is 0.337 e. The van der Waals surface area contributed by atoms with Crippen molar-refractivity contribution in [2.24, 2.45) is 5.92 Å². The van der Waals surface area contributed by atoms with E-state index in [1.165, 1.54) is 12.8 Å². The molecular formula is C12H13ClN4O. The molecule has 3 rings (SSSR count). The Balaban J connectivity index is 1.62. The van der Waals surface area contributed by atoms with Gasteiger partial charge in [0.2, 0.25) is 11.7 Å². The zero-order chi connectivity index (χ0) is 12.4. The van der Waals surface area contributed by atoms with E-state index in [0.717, 1.165) is 12.5 Å². The SMILES string of the molecule is Clc1ccc(-c2noc(CNCC3CC3)n2)nc1. The van der Waals surface area contributed by atoms with E-state index in [2.05, 4.69) is 20.4 Å². The number of hydrogen-bond acceptors (Lipinski definition) is 5. The summed E-state index contributed by atoms with van der Waals surface area (Å²) in [6.45, 7) is 1.63. The summed E-state index contributed by atoms with van der Waals surface area (Å²) in [4.78, 5) is 8.42. The Kier molecular flexibility index (Phi) is 3.25. The normalized spacial score (nSPS) is 14.9. The fourth-order valence-corrected chi connectivity index (χ4v) is 1.76. The molecule has 0 spiro atoms. The number of aromatic nitrogens is 3. The molecule has 0 unspecified atom stereocenters. The number of hydrogen-bond donors (Lipinski definition) is 1. The lowest BCUT2D eigenvalue weighted by Crippen LogP contribution is -2.16. The monoisotopic (exact) mass is 264 g/mol. The highest BCUT2D eigenvalue weighted by Gasteiger charge is 2.20. The molecule has 1 aliphatic carbocycles. The molecule has 0 saturated heterocycles. The van der Waals surface area contributed by atoms with E-state index >= 15 is 0 Å². The third-order valence-corrected chi connectivity index (χ3v) is 3.05. The van der Waals surface area contributed by atoms with Crippen LogP contribution < -0.4 is 5.32 Å². The van der Waals surface area contributed by atoms with E-state index in [1.807, 2.05) is 0 Å². The van der Waals surface area contributed by atoms with Gasteiger partial charge >= 0.3 is 0 Å². The highest BCUT2D eigenvalue weighted by Crippen LogP contribution is 2.27. The van der Waals surface area contributed by atoms with Gasteiger partial charge in [-0.1, -0.05) is 16.8 Å². The first-order chi connectivity index (χ1) is 8.81. The summed E-state index contributed by atoms with van der Waals surface area (Å²) < 4.78 is 5.15. The Bertz CT molecular complexity index is 521. The van der Waals surface area contributed by atoms with Crippen molar-refractivity contribution in [2.45, 2.75) is 19.4 Å². The first kappa shape index (κ1) is 11.6. The van der Waals surface area contributed by atoms with Gasteiger partial charge < -0.3 is 9.84 Å². The third-order valence-electron chi connectivity index (χ3n) is 2.83. The van der Waals surface area contributed by atoms with Crippen LogP contribution in [-0.4, -0.2) is 21.7 Å². The smallest absolute Gasteiger partial charge is 0.240 e. The highest BCUT2D eigenvalue weighted by molar-refractivity contribution is 6.30. The zero-order valence-corrected chi connectivity index (χ0v) is 10.5. The van der Waals surface area contributed by atoms with Crippen LogP contribution in [0.1, 0.15) is 18.7 Å². The van der Waals surface area contributed by atoms with Gasteiger partial charge in [-0.25, -0.2) is 0 Å². The predicted molar refractivity (Wildman–Crippen MR) is 67.0 cm³/mol. The first-order valence-corrected chi connectivity index (χ1v) is 6.34. The van der Waals surface area contributed by atoms with Crippen LogP contribution >= 0.6 is 11.6 Å². The highest BCUT2D eigenvalue weighted by atomic mass is 35.5. The summed E-state index contributed by atoms with van der Waals surface area (Å²) in [6.07, 6.45) is 4.23.